The summed E-state index contributed by atoms with van der Waals surface area (Å²) in [5.74, 6) is 0. The summed E-state index contributed by atoms with van der Waals surface area (Å²) in [6, 6.07) is 6.71. The Morgan fingerprint density at radius 3 is 2.94 bits per heavy atom. The predicted molar refractivity (Wildman–Crippen MR) is 73.8 cm³/mol. The number of nitrogens with one attached hydrogen (secondary N) is 1. The second kappa shape index (κ2) is 5.01. The van der Waals surface area contributed by atoms with Gasteiger partial charge in [0, 0.05) is 42.9 Å². The molecule has 0 aliphatic carbocycles. The summed E-state index contributed by atoms with van der Waals surface area (Å²) >= 11 is 2.08. The van der Waals surface area contributed by atoms with Crippen molar-refractivity contribution < 1.29 is 0 Å². The number of piperazine rings is 1. The number of aryl methyl sites for hydroxylation is 1. The average molecular weight is 248 g/mol. The molecule has 1 fully saturated rings. The van der Waals surface area contributed by atoms with Crippen molar-refractivity contribution >= 4 is 11.8 Å². The molecule has 1 aromatic carbocycles. The van der Waals surface area contributed by atoms with Crippen LogP contribution in [0.15, 0.2) is 23.1 Å². The van der Waals surface area contributed by atoms with E-state index in [1.807, 2.05) is 0 Å². The molecule has 1 unspecified atom stereocenters. The van der Waals surface area contributed by atoms with Crippen LogP contribution in [0.3, 0.4) is 0 Å². The van der Waals surface area contributed by atoms with E-state index >= 15 is 0 Å². The van der Waals surface area contributed by atoms with E-state index in [4.69, 9.17) is 0 Å². The van der Waals surface area contributed by atoms with Gasteiger partial charge in [0.05, 0.1) is 0 Å². The topological polar surface area (TPSA) is 15.3 Å². The molecule has 0 radical (unpaired) electrons. The zero-order valence-corrected chi connectivity index (χ0v) is 11.2. The van der Waals surface area contributed by atoms with Gasteiger partial charge in [-0.1, -0.05) is 12.1 Å². The van der Waals surface area contributed by atoms with Gasteiger partial charge in [-0.05, 0) is 30.5 Å². The molecule has 0 aromatic heterocycles. The second-order valence-corrected chi connectivity index (χ2v) is 6.39. The van der Waals surface area contributed by atoms with Crippen molar-refractivity contribution in [2.45, 2.75) is 23.5 Å². The molecule has 92 valence electrons. The molecule has 1 atom stereocenters. The molecular weight excluding hydrogens is 228 g/mol. The Kier molecular flexibility index (Phi) is 3.41. The van der Waals surface area contributed by atoms with Gasteiger partial charge >= 0.3 is 0 Å². The first-order valence-electron chi connectivity index (χ1n) is 6.51. The first kappa shape index (κ1) is 11.6. The van der Waals surface area contributed by atoms with Crippen molar-refractivity contribution in [3.05, 3.63) is 29.3 Å². The van der Waals surface area contributed by atoms with E-state index in [0.717, 1.165) is 18.3 Å². The molecule has 2 aliphatic rings. The lowest BCUT2D eigenvalue weighted by Gasteiger charge is -2.29. The molecule has 0 bridgehead atoms. The monoisotopic (exact) mass is 248 g/mol. The first-order valence-corrected chi connectivity index (χ1v) is 7.39. The third kappa shape index (κ3) is 2.51. The van der Waals surface area contributed by atoms with E-state index in [1.54, 1.807) is 5.56 Å². The van der Waals surface area contributed by atoms with E-state index in [1.165, 1.54) is 36.5 Å². The first-order chi connectivity index (χ1) is 8.33. The maximum atomic E-state index is 3.42. The largest absolute Gasteiger partial charge is 0.314 e. The van der Waals surface area contributed by atoms with Crippen LogP contribution in [0.5, 0.6) is 0 Å². The van der Waals surface area contributed by atoms with Crippen molar-refractivity contribution in [1.82, 2.24) is 10.2 Å². The third-order valence-corrected chi connectivity index (χ3v) is 5.05. The molecule has 0 spiro atoms. The van der Waals surface area contributed by atoms with Crippen LogP contribution in [0.4, 0.5) is 0 Å². The summed E-state index contributed by atoms with van der Waals surface area (Å²) in [6.07, 6.45) is 1.26. The predicted octanol–water partition coefficient (Wildman–Crippen LogP) is 1.92. The van der Waals surface area contributed by atoms with Gasteiger partial charge in [-0.2, -0.15) is 0 Å². The highest BCUT2D eigenvalue weighted by Gasteiger charge is 2.25. The number of nitrogens with zero attached hydrogens (tertiary/aromatic N) is 1. The number of hydrogen-bond acceptors (Lipinski definition) is 3. The molecule has 2 heterocycles. The minimum atomic E-state index is 0.768. The Balaban J connectivity index is 1.63. The van der Waals surface area contributed by atoms with Crippen LogP contribution in [0.25, 0.3) is 0 Å². The van der Waals surface area contributed by atoms with Crippen LogP contribution in [-0.2, 0) is 6.42 Å². The summed E-state index contributed by atoms with van der Waals surface area (Å²) in [7, 11) is 0. The Bertz CT molecular complexity index is 399. The number of hydrogen-bond donors (Lipinski definition) is 1. The minimum absolute atomic E-state index is 0.768. The number of fused-ring (bicyclic) bond motifs is 1. The van der Waals surface area contributed by atoms with Gasteiger partial charge in [0.1, 0.15) is 0 Å². The number of rotatable bonds is 2. The van der Waals surface area contributed by atoms with E-state index in [9.17, 15) is 0 Å². The van der Waals surface area contributed by atoms with Crippen LogP contribution >= 0.6 is 11.8 Å². The van der Waals surface area contributed by atoms with Crippen LogP contribution in [-0.4, -0.2) is 42.9 Å². The maximum absolute atomic E-state index is 3.42. The fourth-order valence-electron chi connectivity index (χ4n) is 2.78. The summed E-state index contributed by atoms with van der Waals surface area (Å²) in [4.78, 5) is 4.13. The fraction of sp³-hybridized carbons (Fsp3) is 0.571. The summed E-state index contributed by atoms with van der Waals surface area (Å²) < 4.78 is 0. The highest BCUT2D eigenvalue weighted by molar-refractivity contribution is 8.00. The molecular formula is C14H20N2S. The fourth-order valence-corrected chi connectivity index (χ4v) is 4.22. The zero-order chi connectivity index (χ0) is 11.7. The quantitative estimate of drug-likeness (QED) is 0.861. The maximum Gasteiger partial charge on any atom is 0.0263 e. The molecule has 0 amide bonds. The molecule has 1 aromatic rings. The van der Waals surface area contributed by atoms with Gasteiger partial charge in [-0.3, -0.25) is 4.90 Å². The molecule has 2 nitrogen and oxygen atoms in total. The Labute approximate surface area is 108 Å². The van der Waals surface area contributed by atoms with Crippen molar-refractivity contribution in [3.8, 4) is 0 Å². The Hall–Kier alpha value is -0.510. The Morgan fingerprint density at radius 2 is 2.18 bits per heavy atom. The molecule has 3 rings (SSSR count). The van der Waals surface area contributed by atoms with Gasteiger partial charge in [0.25, 0.3) is 0 Å². The van der Waals surface area contributed by atoms with Crippen molar-refractivity contribution in [2.24, 2.45) is 0 Å². The SMILES string of the molecule is Cc1cccc2c1CC(CN1CCNCC1)S2. The zero-order valence-electron chi connectivity index (χ0n) is 10.4. The molecule has 0 saturated carbocycles. The second-order valence-electron chi connectivity index (χ2n) is 5.05. The summed E-state index contributed by atoms with van der Waals surface area (Å²) in [6.45, 7) is 8.23. The van der Waals surface area contributed by atoms with Gasteiger partial charge in [-0.15, -0.1) is 11.8 Å². The lowest BCUT2D eigenvalue weighted by molar-refractivity contribution is 0.242. The van der Waals surface area contributed by atoms with Gasteiger partial charge in [0.2, 0.25) is 0 Å². The van der Waals surface area contributed by atoms with Crippen LogP contribution in [0.2, 0.25) is 0 Å². The van der Waals surface area contributed by atoms with Crippen molar-refractivity contribution in [1.29, 1.82) is 0 Å². The van der Waals surface area contributed by atoms with Crippen LogP contribution in [0, 0.1) is 6.92 Å². The molecule has 3 heteroatoms. The molecule has 2 aliphatic heterocycles. The normalized spacial score (nSPS) is 24.9. The summed E-state index contributed by atoms with van der Waals surface area (Å²) in [5.41, 5.74) is 3.07. The lowest BCUT2D eigenvalue weighted by atomic mass is 10.0. The van der Waals surface area contributed by atoms with Gasteiger partial charge < -0.3 is 5.32 Å². The van der Waals surface area contributed by atoms with E-state index < -0.39 is 0 Å². The standard InChI is InChI=1S/C14H20N2S/c1-11-3-2-4-14-13(11)9-12(17-14)10-16-7-5-15-6-8-16/h2-4,12,15H,5-10H2,1H3. The van der Waals surface area contributed by atoms with Crippen LogP contribution in [0.1, 0.15) is 11.1 Å². The Morgan fingerprint density at radius 1 is 1.35 bits per heavy atom. The molecule has 17 heavy (non-hydrogen) atoms. The highest BCUT2D eigenvalue weighted by atomic mass is 32.2. The smallest absolute Gasteiger partial charge is 0.0263 e. The van der Waals surface area contributed by atoms with Crippen LogP contribution < -0.4 is 5.32 Å². The van der Waals surface area contributed by atoms with Crippen molar-refractivity contribution in [3.63, 3.8) is 0 Å². The number of benzene rings is 1. The average Bonchev–Trinajstić information content (AvgIpc) is 2.74. The van der Waals surface area contributed by atoms with Gasteiger partial charge in [0.15, 0.2) is 0 Å². The van der Waals surface area contributed by atoms with E-state index in [-0.39, 0.29) is 0 Å². The molecule has 1 N–H and O–H groups in total. The third-order valence-electron chi connectivity index (χ3n) is 3.76. The highest BCUT2D eigenvalue weighted by Crippen LogP contribution is 2.38. The molecule has 1 saturated heterocycles. The van der Waals surface area contributed by atoms with Crippen molar-refractivity contribution in [2.75, 3.05) is 32.7 Å². The summed E-state index contributed by atoms with van der Waals surface area (Å²) in [5, 5.41) is 4.19. The minimum Gasteiger partial charge on any atom is -0.314 e. The van der Waals surface area contributed by atoms with Gasteiger partial charge in [-0.25, -0.2) is 0 Å². The van der Waals surface area contributed by atoms with E-state index in [2.05, 4.69) is 47.1 Å². The number of thioether (sulfide) groups is 1. The lowest BCUT2D eigenvalue weighted by Crippen LogP contribution is -2.45. The van der Waals surface area contributed by atoms with E-state index in [0.29, 0.717) is 0 Å².